The Kier molecular flexibility index (Phi) is 2.55. The summed E-state index contributed by atoms with van der Waals surface area (Å²) in [4.78, 5) is 0. The summed E-state index contributed by atoms with van der Waals surface area (Å²) in [7, 11) is 1.69. The molecular formula is C10H18O4. The highest BCUT2D eigenvalue weighted by molar-refractivity contribution is 4.87. The monoisotopic (exact) mass is 202 g/mol. The number of hydrogen-bond acceptors (Lipinski definition) is 4. The summed E-state index contributed by atoms with van der Waals surface area (Å²) in [6.45, 7) is 5.81. The van der Waals surface area contributed by atoms with Crippen LogP contribution in [0.15, 0.2) is 0 Å². The number of hydrogen-bond donors (Lipinski definition) is 0. The van der Waals surface area contributed by atoms with Crippen LogP contribution in [-0.2, 0) is 18.9 Å². The van der Waals surface area contributed by atoms with Gasteiger partial charge < -0.3 is 18.9 Å². The summed E-state index contributed by atoms with van der Waals surface area (Å²) < 4.78 is 22.2. The molecule has 4 atom stereocenters. The first-order valence-corrected chi connectivity index (χ1v) is 5.06. The predicted molar refractivity (Wildman–Crippen MR) is 49.8 cm³/mol. The molecule has 0 aromatic rings. The largest absolute Gasteiger partial charge is 0.379 e. The second-order valence-electron chi connectivity index (χ2n) is 4.39. The van der Waals surface area contributed by atoms with Crippen molar-refractivity contribution in [2.45, 2.75) is 57.6 Å². The van der Waals surface area contributed by atoms with Crippen molar-refractivity contribution in [3.8, 4) is 0 Å². The van der Waals surface area contributed by atoms with Crippen molar-refractivity contribution in [3.63, 3.8) is 0 Å². The lowest BCUT2D eigenvalue weighted by Gasteiger charge is -2.22. The van der Waals surface area contributed by atoms with Gasteiger partial charge in [0.15, 0.2) is 12.1 Å². The van der Waals surface area contributed by atoms with E-state index >= 15 is 0 Å². The van der Waals surface area contributed by atoms with Gasteiger partial charge in [0.1, 0.15) is 6.10 Å². The van der Waals surface area contributed by atoms with Crippen molar-refractivity contribution in [2.75, 3.05) is 7.11 Å². The van der Waals surface area contributed by atoms with Gasteiger partial charge in [-0.2, -0.15) is 0 Å². The average Bonchev–Trinajstić information content (AvgIpc) is 2.56. The van der Waals surface area contributed by atoms with E-state index in [1.165, 1.54) is 0 Å². The highest BCUT2D eigenvalue weighted by Gasteiger charge is 2.49. The predicted octanol–water partition coefficient (Wildman–Crippen LogP) is 1.29. The number of ether oxygens (including phenoxy) is 4. The van der Waals surface area contributed by atoms with E-state index in [9.17, 15) is 0 Å². The summed E-state index contributed by atoms with van der Waals surface area (Å²) in [6, 6.07) is 0. The summed E-state index contributed by atoms with van der Waals surface area (Å²) >= 11 is 0. The third kappa shape index (κ3) is 1.80. The fraction of sp³-hybridized carbons (Fsp3) is 1.00. The molecule has 2 saturated heterocycles. The Balaban J connectivity index is 1.93. The summed E-state index contributed by atoms with van der Waals surface area (Å²) in [6.07, 6.45) is 0.880. The molecular weight excluding hydrogens is 184 g/mol. The molecule has 0 N–H and O–H groups in total. The lowest BCUT2D eigenvalue weighted by Crippen LogP contribution is -2.29. The van der Waals surface area contributed by atoms with Gasteiger partial charge in [-0.15, -0.1) is 0 Å². The molecule has 2 aliphatic rings. The van der Waals surface area contributed by atoms with Crippen LogP contribution in [0.5, 0.6) is 0 Å². The van der Waals surface area contributed by atoms with Crippen LogP contribution in [-0.4, -0.2) is 37.5 Å². The summed E-state index contributed by atoms with van der Waals surface area (Å²) in [5.74, 6) is -0.503. The number of fused-ring (bicyclic) bond motifs is 1. The van der Waals surface area contributed by atoms with Crippen LogP contribution in [0.1, 0.15) is 27.2 Å². The van der Waals surface area contributed by atoms with Crippen molar-refractivity contribution < 1.29 is 18.9 Å². The van der Waals surface area contributed by atoms with Crippen LogP contribution < -0.4 is 0 Å². The van der Waals surface area contributed by atoms with Crippen LogP contribution in [0.25, 0.3) is 0 Å². The summed E-state index contributed by atoms with van der Waals surface area (Å²) in [5.41, 5.74) is 0. The smallest absolute Gasteiger partial charge is 0.187 e. The normalized spacial score (nSPS) is 42.4. The van der Waals surface area contributed by atoms with E-state index < -0.39 is 5.79 Å². The molecule has 14 heavy (non-hydrogen) atoms. The average molecular weight is 202 g/mol. The molecule has 2 fully saturated rings. The minimum atomic E-state index is -0.503. The van der Waals surface area contributed by atoms with E-state index in [1.54, 1.807) is 7.11 Å². The fourth-order valence-electron chi connectivity index (χ4n) is 1.99. The number of rotatable bonds is 2. The maximum Gasteiger partial charge on any atom is 0.187 e. The Morgan fingerprint density at radius 2 is 2.07 bits per heavy atom. The molecule has 0 amide bonds. The zero-order valence-corrected chi connectivity index (χ0v) is 9.15. The Morgan fingerprint density at radius 1 is 1.36 bits per heavy atom. The van der Waals surface area contributed by atoms with Crippen LogP contribution in [0, 0.1) is 0 Å². The van der Waals surface area contributed by atoms with Gasteiger partial charge in [0.25, 0.3) is 0 Å². The van der Waals surface area contributed by atoms with E-state index in [0.717, 1.165) is 6.42 Å². The molecule has 2 aliphatic heterocycles. The molecule has 0 aromatic carbocycles. The molecule has 0 saturated carbocycles. The molecule has 0 radical (unpaired) electrons. The SMILES string of the molecule is COC(C)C1CC2OC(C)(C)OC2O1. The second-order valence-corrected chi connectivity index (χ2v) is 4.39. The van der Waals surface area contributed by atoms with E-state index in [0.29, 0.717) is 0 Å². The standard InChI is InChI=1S/C10H18O4/c1-6(11-4)7-5-8-9(12-7)14-10(2,3)13-8/h6-9H,5H2,1-4H3. The van der Waals surface area contributed by atoms with Gasteiger partial charge in [0, 0.05) is 13.5 Å². The fourth-order valence-corrected chi connectivity index (χ4v) is 1.99. The van der Waals surface area contributed by atoms with Crippen LogP contribution in [0.2, 0.25) is 0 Å². The zero-order valence-electron chi connectivity index (χ0n) is 9.15. The van der Waals surface area contributed by atoms with E-state index in [1.807, 2.05) is 20.8 Å². The molecule has 0 aromatic heterocycles. The van der Waals surface area contributed by atoms with Crippen molar-refractivity contribution in [3.05, 3.63) is 0 Å². The van der Waals surface area contributed by atoms with Crippen molar-refractivity contribution in [1.82, 2.24) is 0 Å². The molecule has 0 aliphatic carbocycles. The topological polar surface area (TPSA) is 36.9 Å². The molecule has 0 spiro atoms. The van der Waals surface area contributed by atoms with Crippen molar-refractivity contribution in [2.24, 2.45) is 0 Å². The van der Waals surface area contributed by atoms with Gasteiger partial charge in [0.05, 0.1) is 12.2 Å². The molecule has 4 unspecified atom stereocenters. The van der Waals surface area contributed by atoms with Gasteiger partial charge in [0.2, 0.25) is 0 Å². The third-order valence-electron chi connectivity index (χ3n) is 2.81. The Bertz CT molecular complexity index is 200. The quantitative estimate of drug-likeness (QED) is 0.676. The minimum Gasteiger partial charge on any atom is -0.379 e. The lowest BCUT2D eigenvalue weighted by atomic mass is 10.1. The van der Waals surface area contributed by atoms with E-state index in [2.05, 4.69) is 0 Å². The third-order valence-corrected chi connectivity index (χ3v) is 2.81. The molecule has 4 heteroatoms. The molecule has 2 heterocycles. The zero-order chi connectivity index (χ0) is 10.3. The second kappa shape index (κ2) is 3.45. The maximum absolute atomic E-state index is 5.70. The van der Waals surface area contributed by atoms with E-state index in [4.69, 9.17) is 18.9 Å². The molecule has 0 bridgehead atoms. The minimum absolute atomic E-state index is 0.0626. The molecule has 82 valence electrons. The first kappa shape index (κ1) is 10.4. The number of methoxy groups -OCH3 is 1. The first-order chi connectivity index (χ1) is 6.52. The Hall–Kier alpha value is -0.160. The van der Waals surface area contributed by atoms with Gasteiger partial charge >= 0.3 is 0 Å². The van der Waals surface area contributed by atoms with Gasteiger partial charge in [-0.3, -0.25) is 0 Å². The van der Waals surface area contributed by atoms with Crippen LogP contribution >= 0.6 is 0 Å². The van der Waals surface area contributed by atoms with Gasteiger partial charge in [-0.25, -0.2) is 0 Å². The van der Waals surface area contributed by atoms with Crippen LogP contribution in [0.3, 0.4) is 0 Å². The van der Waals surface area contributed by atoms with Crippen molar-refractivity contribution >= 4 is 0 Å². The van der Waals surface area contributed by atoms with E-state index in [-0.39, 0.29) is 24.6 Å². The highest BCUT2D eigenvalue weighted by atomic mass is 16.8. The van der Waals surface area contributed by atoms with Crippen molar-refractivity contribution in [1.29, 1.82) is 0 Å². The maximum atomic E-state index is 5.70. The first-order valence-electron chi connectivity index (χ1n) is 5.06. The Morgan fingerprint density at radius 3 is 2.64 bits per heavy atom. The Labute approximate surface area is 84.5 Å². The molecule has 2 rings (SSSR count). The van der Waals surface area contributed by atoms with Gasteiger partial charge in [-0.1, -0.05) is 0 Å². The van der Waals surface area contributed by atoms with Gasteiger partial charge in [-0.05, 0) is 20.8 Å². The van der Waals surface area contributed by atoms with Crippen LogP contribution in [0.4, 0.5) is 0 Å². The molecule has 4 nitrogen and oxygen atoms in total. The summed E-state index contributed by atoms with van der Waals surface area (Å²) in [5, 5.41) is 0. The highest BCUT2D eigenvalue weighted by Crippen LogP contribution is 2.38. The lowest BCUT2D eigenvalue weighted by molar-refractivity contribution is -0.214.